The molecule has 3 heteroatoms. The van der Waals surface area contributed by atoms with Crippen LogP contribution < -0.4 is 0 Å². The van der Waals surface area contributed by atoms with E-state index in [-0.39, 0.29) is 12.4 Å². The largest absolute Gasteiger partial charge is 0.508 e. The van der Waals surface area contributed by atoms with Crippen molar-refractivity contribution in [3.8, 4) is 5.75 Å². The van der Waals surface area contributed by atoms with E-state index in [0.29, 0.717) is 0 Å². The number of phenols is 1. The summed E-state index contributed by atoms with van der Waals surface area (Å²) in [5, 5.41) is 25.5. The van der Waals surface area contributed by atoms with Gasteiger partial charge in [-0.1, -0.05) is 12.1 Å². The fourth-order valence-corrected chi connectivity index (χ4v) is 0.753. The van der Waals surface area contributed by atoms with Crippen LogP contribution in [0.25, 0.3) is 0 Å². The molecule has 0 heterocycles. The quantitative estimate of drug-likeness (QED) is 0.619. The van der Waals surface area contributed by atoms with Gasteiger partial charge in [0.2, 0.25) is 0 Å². The van der Waals surface area contributed by atoms with Crippen molar-refractivity contribution in [2.75, 3.05) is 6.61 Å². The average molecular weight is 184 g/mol. The van der Waals surface area contributed by atoms with E-state index in [4.69, 9.17) is 15.3 Å². The minimum absolute atomic E-state index is 0.226. The van der Waals surface area contributed by atoms with Crippen molar-refractivity contribution in [3.63, 3.8) is 0 Å². The van der Waals surface area contributed by atoms with Crippen LogP contribution in [-0.4, -0.2) is 21.9 Å². The van der Waals surface area contributed by atoms with Crippen LogP contribution >= 0.6 is 0 Å². The lowest BCUT2D eigenvalue weighted by molar-refractivity contribution is 0.199. The van der Waals surface area contributed by atoms with Gasteiger partial charge < -0.3 is 15.3 Å². The predicted molar refractivity (Wildman–Crippen MR) is 51.5 cm³/mol. The Balaban J connectivity index is 0.000000424. The molecule has 0 aliphatic rings. The van der Waals surface area contributed by atoms with Crippen molar-refractivity contribution < 1.29 is 15.3 Å². The second-order valence-corrected chi connectivity index (χ2v) is 2.58. The molecule has 3 N–H and O–H groups in total. The van der Waals surface area contributed by atoms with Crippen LogP contribution in [0.4, 0.5) is 0 Å². The van der Waals surface area contributed by atoms with Gasteiger partial charge in [-0.25, -0.2) is 0 Å². The van der Waals surface area contributed by atoms with Gasteiger partial charge in [0, 0.05) is 6.61 Å². The summed E-state index contributed by atoms with van der Waals surface area (Å²) in [5.41, 5.74) is 0.817. The number of hydrogen-bond donors (Lipinski definition) is 3. The van der Waals surface area contributed by atoms with Crippen LogP contribution in [0, 0.1) is 0 Å². The van der Waals surface area contributed by atoms with E-state index in [1.165, 1.54) is 0 Å². The van der Waals surface area contributed by atoms with Crippen molar-refractivity contribution in [2.24, 2.45) is 0 Å². The third kappa shape index (κ3) is 5.22. The summed E-state index contributed by atoms with van der Waals surface area (Å²) in [5.74, 6) is 0.226. The van der Waals surface area contributed by atoms with Crippen molar-refractivity contribution in [1.82, 2.24) is 0 Å². The van der Waals surface area contributed by atoms with Crippen molar-refractivity contribution >= 4 is 0 Å². The summed E-state index contributed by atoms with van der Waals surface area (Å²) in [4.78, 5) is 0. The van der Waals surface area contributed by atoms with Crippen molar-refractivity contribution in [1.29, 1.82) is 0 Å². The van der Waals surface area contributed by atoms with Crippen molar-refractivity contribution in [3.05, 3.63) is 29.8 Å². The van der Waals surface area contributed by atoms with E-state index < -0.39 is 6.10 Å². The van der Waals surface area contributed by atoms with Crippen LogP contribution in [0.5, 0.6) is 5.75 Å². The summed E-state index contributed by atoms with van der Waals surface area (Å²) in [6, 6.07) is 6.50. The molecule has 74 valence electrons. The lowest BCUT2D eigenvalue weighted by Gasteiger charge is -2.02. The van der Waals surface area contributed by atoms with Crippen LogP contribution in [0.1, 0.15) is 25.5 Å². The van der Waals surface area contributed by atoms with E-state index in [2.05, 4.69) is 0 Å². The highest BCUT2D eigenvalue weighted by atomic mass is 16.3. The highest BCUT2D eigenvalue weighted by Gasteiger charge is 1.97. The lowest BCUT2D eigenvalue weighted by Crippen LogP contribution is -1.88. The van der Waals surface area contributed by atoms with E-state index in [1.807, 2.05) is 0 Å². The minimum Gasteiger partial charge on any atom is -0.508 e. The van der Waals surface area contributed by atoms with E-state index >= 15 is 0 Å². The predicted octanol–water partition coefficient (Wildman–Crippen LogP) is 1.44. The maximum atomic E-state index is 9.03. The zero-order chi connectivity index (χ0) is 10.3. The van der Waals surface area contributed by atoms with E-state index in [1.54, 1.807) is 38.1 Å². The molecule has 0 spiro atoms. The number of aliphatic hydroxyl groups excluding tert-OH is 2. The number of phenolic OH excluding ortho intramolecular Hbond substituents is 1. The van der Waals surface area contributed by atoms with Gasteiger partial charge >= 0.3 is 0 Å². The Morgan fingerprint density at radius 1 is 1.23 bits per heavy atom. The second-order valence-electron chi connectivity index (χ2n) is 2.58. The molecule has 0 aromatic heterocycles. The summed E-state index contributed by atoms with van der Waals surface area (Å²) in [7, 11) is 0. The number of aliphatic hydroxyl groups is 2. The molecule has 0 saturated carbocycles. The average Bonchev–Trinajstić information content (AvgIpc) is 2.06. The Kier molecular flexibility index (Phi) is 5.93. The first-order valence-corrected chi connectivity index (χ1v) is 4.19. The normalized spacial score (nSPS) is 11.4. The Bertz CT molecular complexity index is 216. The minimum atomic E-state index is -0.458. The molecule has 0 saturated heterocycles. The molecule has 0 amide bonds. The molecular weight excluding hydrogens is 168 g/mol. The smallest absolute Gasteiger partial charge is 0.115 e. The van der Waals surface area contributed by atoms with Crippen LogP contribution in [0.15, 0.2) is 24.3 Å². The number of rotatable bonds is 1. The van der Waals surface area contributed by atoms with Gasteiger partial charge in [-0.15, -0.1) is 0 Å². The first-order chi connectivity index (χ1) is 6.11. The molecule has 0 aliphatic carbocycles. The maximum Gasteiger partial charge on any atom is 0.115 e. The molecule has 1 atom stereocenters. The molecular formula is C10H16O3. The molecule has 1 aromatic carbocycles. The van der Waals surface area contributed by atoms with Gasteiger partial charge in [0.15, 0.2) is 0 Å². The zero-order valence-corrected chi connectivity index (χ0v) is 7.94. The van der Waals surface area contributed by atoms with Gasteiger partial charge in [-0.2, -0.15) is 0 Å². The Morgan fingerprint density at radius 2 is 1.62 bits per heavy atom. The summed E-state index contributed by atoms with van der Waals surface area (Å²) in [6.45, 7) is 3.62. The highest BCUT2D eigenvalue weighted by molar-refractivity contribution is 5.26. The molecule has 1 rings (SSSR count). The molecule has 1 aromatic rings. The Morgan fingerprint density at radius 3 is 1.92 bits per heavy atom. The van der Waals surface area contributed by atoms with E-state index in [0.717, 1.165) is 5.56 Å². The van der Waals surface area contributed by atoms with Crippen molar-refractivity contribution in [2.45, 2.75) is 20.0 Å². The Labute approximate surface area is 78.3 Å². The first-order valence-electron chi connectivity index (χ1n) is 4.19. The van der Waals surface area contributed by atoms with Crippen LogP contribution in [-0.2, 0) is 0 Å². The molecule has 0 fully saturated rings. The topological polar surface area (TPSA) is 60.7 Å². The van der Waals surface area contributed by atoms with Gasteiger partial charge in [-0.05, 0) is 31.5 Å². The molecule has 0 bridgehead atoms. The van der Waals surface area contributed by atoms with Gasteiger partial charge in [0.1, 0.15) is 5.75 Å². The highest BCUT2D eigenvalue weighted by Crippen LogP contribution is 2.15. The van der Waals surface area contributed by atoms with Gasteiger partial charge in [0.05, 0.1) is 6.10 Å². The monoisotopic (exact) mass is 184 g/mol. The number of hydrogen-bond acceptors (Lipinski definition) is 3. The summed E-state index contributed by atoms with van der Waals surface area (Å²) in [6.07, 6.45) is -0.458. The number of benzene rings is 1. The molecule has 13 heavy (non-hydrogen) atoms. The summed E-state index contributed by atoms with van der Waals surface area (Å²) >= 11 is 0. The van der Waals surface area contributed by atoms with Gasteiger partial charge in [-0.3, -0.25) is 0 Å². The lowest BCUT2D eigenvalue weighted by atomic mass is 10.1. The molecule has 1 unspecified atom stereocenters. The summed E-state index contributed by atoms with van der Waals surface area (Å²) < 4.78 is 0. The van der Waals surface area contributed by atoms with Crippen LogP contribution in [0.3, 0.4) is 0 Å². The zero-order valence-electron chi connectivity index (χ0n) is 7.94. The maximum absolute atomic E-state index is 9.03. The SMILES string of the molecule is CC(O)c1ccc(O)cc1.CCO. The number of aromatic hydroxyl groups is 1. The first kappa shape index (κ1) is 11.9. The van der Waals surface area contributed by atoms with Crippen LogP contribution in [0.2, 0.25) is 0 Å². The third-order valence-electron chi connectivity index (χ3n) is 1.38. The standard InChI is InChI=1S/C8H10O2.C2H6O/c1-6(9)7-2-4-8(10)5-3-7;1-2-3/h2-6,9-10H,1H3;3H,2H2,1H3. The second kappa shape index (κ2) is 6.46. The van der Waals surface area contributed by atoms with Gasteiger partial charge in [0.25, 0.3) is 0 Å². The molecule has 3 nitrogen and oxygen atoms in total. The molecule has 0 aliphatic heterocycles. The fraction of sp³-hybridized carbons (Fsp3) is 0.400. The molecule has 0 radical (unpaired) electrons. The Hall–Kier alpha value is -1.06. The van der Waals surface area contributed by atoms with E-state index in [9.17, 15) is 0 Å². The fourth-order valence-electron chi connectivity index (χ4n) is 0.753. The third-order valence-corrected chi connectivity index (χ3v) is 1.38.